The first kappa shape index (κ1) is 14.5. The van der Waals surface area contributed by atoms with E-state index in [9.17, 15) is 9.59 Å². The molecular weight excluding hydrogens is 300 g/mol. The first-order chi connectivity index (χ1) is 9.56. The van der Waals surface area contributed by atoms with Crippen molar-refractivity contribution in [3.8, 4) is 0 Å². The molecule has 20 heavy (non-hydrogen) atoms. The Morgan fingerprint density at radius 3 is 2.85 bits per heavy atom. The standard InChI is InChI=1S/C13H11ClN2O3S/c14-9-3-1-2-8(4-9)10(5-12(17)18)16-13(19)11-6-20-7-15-11/h1-4,6-7,10H,5H2,(H,16,19)(H,17,18)/t10-/m0/s1. The molecule has 1 amide bonds. The summed E-state index contributed by atoms with van der Waals surface area (Å²) in [5.41, 5.74) is 2.46. The molecule has 1 atom stereocenters. The first-order valence-electron chi connectivity index (χ1n) is 5.72. The molecule has 0 aliphatic heterocycles. The number of carbonyl (C=O) groups is 2. The van der Waals surface area contributed by atoms with E-state index in [0.717, 1.165) is 0 Å². The van der Waals surface area contributed by atoms with Gasteiger partial charge in [-0.1, -0.05) is 23.7 Å². The highest BCUT2D eigenvalue weighted by molar-refractivity contribution is 7.07. The molecule has 0 unspecified atom stereocenters. The SMILES string of the molecule is O=C(O)C[C@H](NC(=O)c1cscn1)c1cccc(Cl)c1. The summed E-state index contributed by atoms with van der Waals surface area (Å²) in [6, 6.07) is 6.10. The number of aromatic nitrogens is 1. The van der Waals surface area contributed by atoms with Gasteiger partial charge >= 0.3 is 5.97 Å². The number of carboxylic acids is 1. The monoisotopic (exact) mass is 310 g/mol. The maximum Gasteiger partial charge on any atom is 0.305 e. The van der Waals surface area contributed by atoms with Crippen LogP contribution in [0.15, 0.2) is 35.2 Å². The predicted octanol–water partition coefficient (Wildman–Crippen LogP) is 2.74. The molecular formula is C13H11ClN2O3S. The molecule has 104 valence electrons. The van der Waals surface area contributed by atoms with E-state index in [0.29, 0.717) is 10.6 Å². The second-order valence-corrected chi connectivity index (χ2v) is 5.21. The van der Waals surface area contributed by atoms with Crippen molar-refractivity contribution >= 4 is 34.8 Å². The number of nitrogens with zero attached hydrogens (tertiary/aromatic N) is 1. The Labute approximate surface area is 124 Å². The van der Waals surface area contributed by atoms with Crippen molar-refractivity contribution in [2.75, 3.05) is 0 Å². The molecule has 0 fully saturated rings. The molecule has 1 heterocycles. The fourth-order valence-electron chi connectivity index (χ4n) is 1.71. The Kier molecular flexibility index (Phi) is 4.70. The largest absolute Gasteiger partial charge is 0.481 e. The summed E-state index contributed by atoms with van der Waals surface area (Å²) >= 11 is 7.19. The van der Waals surface area contributed by atoms with Gasteiger partial charge in [0.2, 0.25) is 0 Å². The number of thiazole rings is 1. The Balaban J connectivity index is 2.20. The van der Waals surface area contributed by atoms with Gasteiger partial charge < -0.3 is 10.4 Å². The molecule has 0 aliphatic carbocycles. The molecule has 0 radical (unpaired) electrons. The van der Waals surface area contributed by atoms with Crippen LogP contribution in [0.1, 0.15) is 28.5 Å². The molecule has 2 rings (SSSR count). The fourth-order valence-corrected chi connectivity index (χ4v) is 2.44. The third-order valence-corrected chi connectivity index (χ3v) is 3.42. The fraction of sp³-hybridized carbons (Fsp3) is 0.154. The number of hydrogen-bond donors (Lipinski definition) is 2. The van der Waals surface area contributed by atoms with Gasteiger partial charge in [0.25, 0.3) is 5.91 Å². The van der Waals surface area contributed by atoms with Crippen LogP contribution in [-0.4, -0.2) is 22.0 Å². The lowest BCUT2D eigenvalue weighted by atomic mass is 10.0. The van der Waals surface area contributed by atoms with Crippen LogP contribution < -0.4 is 5.32 Å². The zero-order chi connectivity index (χ0) is 14.5. The predicted molar refractivity (Wildman–Crippen MR) is 76.0 cm³/mol. The summed E-state index contributed by atoms with van der Waals surface area (Å²) in [7, 11) is 0. The third kappa shape index (κ3) is 3.79. The van der Waals surface area contributed by atoms with E-state index in [1.165, 1.54) is 11.3 Å². The van der Waals surface area contributed by atoms with E-state index >= 15 is 0 Å². The average molecular weight is 311 g/mol. The molecule has 7 heteroatoms. The summed E-state index contributed by atoms with van der Waals surface area (Å²) < 4.78 is 0. The second kappa shape index (κ2) is 6.49. The highest BCUT2D eigenvalue weighted by Gasteiger charge is 2.20. The molecule has 0 saturated carbocycles. The number of carbonyl (C=O) groups excluding carboxylic acids is 1. The number of benzene rings is 1. The molecule has 1 aromatic heterocycles. The smallest absolute Gasteiger partial charge is 0.305 e. The van der Waals surface area contributed by atoms with Crippen molar-refractivity contribution in [2.45, 2.75) is 12.5 Å². The zero-order valence-corrected chi connectivity index (χ0v) is 11.8. The van der Waals surface area contributed by atoms with E-state index in [1.54, 1.807) is 35.2 Å². The second-order valence-electron chi connectivity index (χ2n) is 4.05. The van der Waals surface area contributed by atoms with Crippen LogP contribution in [0.5, 0.6) is 0 Å². The molecule has 0 saturated heterocycles. The van der Waals surface area contributed by atoms with Crippen LogP contribution >= 0.6 is 22.9 Å². The zero-order valence-electron chi connectivity index (χ0n) is 10.2. The summed E-state index contributed by atoms with van der Waals surface area (Å²) in [5.74, 6) is -1.41. The van der Waals surface area contributed by atoms with Gasteiger partial charge in [-0.2, -0.15) is 0 Å². The number of halogens is 1. The van der Waals surface area contributed by atoms with Gasteiger partial charge in [-0.3, -0.25) is 9.59 Å². The van der Waals surface area contributed by atoms with Crippen LogP contribution in [0.2, 0.25) is 5.02 Å². The lowest BCUT2D eigenvalue weighted by Crippen LogP contribution is -2.30. The van der Waals surface area contributed by atoms with Crippen molar-refractivity contribution in [1.29, 1.82) is 0 Å². The minimum Gasteiger partial charge on any atom is -0.481 e. The lowest BCUT2D eigenvalue weighted by molar-refractivity contribution is -0.137. The molecule has 1 aromatic carbocycles. The van der Waals surface area contributed by atoms with Gasteiger partial charge in [-0.25, -0.2) is 4.98 Å². The van der Waals surface area contributed by atoms with Crippen molar-refractivity contribution in [3.63, 3.8) is 0 Å². The highest BCUT2D eigenvalue weighted by Crippen LogP contribution is 2.21. The maximum absolute atomic E-state index is 12.0. The molecule has 2 N–H and O–H groups in total. The molecule has 0 aliphatic rings. The number of carboxylic acid groups (broad SMARTS) is 1. The topological polar surface area (TPSA) is 79.3 Å². The summed E-state index contributed by atoms with van der Waals surface area (Å²) in [5, 5.41) is 13.7. The van der Waals surface area contributed by atoms with Crippen molar-refractivity contribution in [3.05, 3.63) is 51.4 Å². The highest BCUT2D eigenvalue weighted by atomic mass is 35.5. The molecule has 0 bridgehead atoms. The Bertz CT molecular complexity index is 616. The first-order valence-corrected chi connectivity index (χ1v) is 7.04. The number of rotatable bonds is 5. The van der Waals surface area contributed by atoms with Crippen LogP contribution in [0.3, 0.4) is 0 Å². The third-order valence-electron chi connectivity index (χ3n) is 2.60. The average Bonchev–Trinajstić information content (AvgIpc) is 2.91. The molecule has 2 aromatic rings. The van der Waals surface area contributed by atoms with Crippen molar-refractivity contribution < 1.29 is 14.7 Å². The number of hydrogen-bond acceptors (Lipinski definition) is 4. The van der Waals surface area contributed by atoms with E-state index in [-0.39, 0.29) is 12.1 Å². The van der Waals surface area contributed by atoms with E-state index in [4.69, 9.17) is 16.7 Å². The minimum absolute atomic E-state index is 0.226. The molecule has 0 spiro atoms. The van der Waals surface area contributed by atoms with Gasteiger partial charge in [-0.15, -0.1) is 11.3 Å². The normalized spacial score (nSPS) is 11.8. The van der Waals surface area contributed by atoms with Crippen LogP contribution in [0, 0.1) is 0 Å². The van der Waals surface area contributed by atoms with Gasteiger partial charge in [-0.05, 0) is 17.7 Å². The van der Waals surface area contributed by atoms with Gasteiger partial charge in [0.15, 0.2) is 0 Å². The number of nitrogens with one attached hydrogen (secondary N) is 1. The van der Waals surface area contributed by atoms with E-state index < -0.39 is 17.9 Å². The number of aliphatic carboxylic acids is 1. The lowest BCUT2D eigenvalue weighted by Gasteiger charge is -2.17. The van der Waals surface area contributed by atoms with Crippen molar-refractivity contribution in [1.82, 2.24) is 10.3 Å². The van der Waals surface area contributed by atoms with Gasteiger partial charge in [0.05, 0.1) is 18.0 Å². The summed E-state index contributed by atoms with van der Waals surface area (Å²) in [6.45, 7) is 0. The van der Waals surface area contributed by atoms with Crippen LogP contribution in [0.4, 0.5) is 0 Å². The van der Waals surface area contributed by atoms with E-state index in [2.05, 4.69) is 10.3 Å². The van der Waals surface area contributed by atoms with Crippen LogP contribution in [0.25, 0.3) is 0 Å². The van der Waals surface area contributed by atoms with E-state index in [1.807, 2.05) is 0 Å². The Hall–Kier alpha value is -1.92. The van der Waals surface area contributed by atoms with Crippen molar-refractivity contribution in [2.24, 2.45) is 0 Å². The van der Waals surface area contributed by atoms with Gasteiger partial charge in [0.1, 0.15) is 5.69 Å². The van der Waals surface area contributed by atoms with Crippen LogP contribution in [-0.2, 0) is 4.79 Å². The van der Waals surface area contributed by atoms with Gasteiger partial charge in [0, 0.05) is 10.4 Å². The summed E-state index contributed by atoms with van der Waals surface area (Å²) in [6.07, 6.45) is -0.226. The minimum atomic E-state index is -1.01. The number of amides is 1. The maximum atomic E-state index is 12.0. The summed E-state index contributed by atoms with van der Waals surface area (Å²) in [4.78, 5) is 26.8. The Morgan fingerprint density at radius 2 is 2.25 bits per heavy atom. The molecule has 5 nitrogen and oxygen atoms in total. The Morgan fingerprint density at radius 1 is 1.45 bits per heavy atom. The quantitative estimate of drug-likeness (QED) is 0.890.